The Hall–Kier alpha value is -1.09. The maximum Gasteiger partial charge on any atom is 0.129 e. The molecule has 1 aromatic rings. The highest BCUT2D eigenvalue weighted by Gasteiger charge is 2.14. The van der Waals surface area contributed by atoms with Crippen LogP contribution in [0, 0.1) is 6.92 Å². The largest absolute Gasteiger partial charge is 0.357 e. The van der Waals surface area contributed by atoms with Crippen LogP contribution >= 0.6 is 0 Å². The summed E-state index contributed by atoms with van der Waals surface area (Å²) in [5.74, 6) is 1.16. The maximum absolute atomic E-state index is 4.64. The number of aromatic nitrogens is 1. The van der Waals surface area contributed by atoms with Crippen LogP contribution in [0.25, 0.3) is 0 Å². The van der Waals surface area contributed by atoms with Gasteiger partial charge in [-0.05, 0) is 37.5 Å². The van der Waals surface area contributed by atoms with Gasteiger partial charge in [0.15, 0.2) is 0 Å². The highest BCUT2D eigenvalue weighted by molar-refractivity contribution is 5.43. The first-order valence-electron chi connectivity index (χ1n) is 6.61. The number of anilines is 1. The molecule has 1 N–H and O–H groups in total. The van der Waals surface area contributed by atoms with Crippen molar-refractivity contribution in [2.24, 2.45) is 0 Å². The van der Waals surface area contributed by atoms with Gasteiger partial charge < -0.3 is 10.2 Å². The lowest BCUT2D eigenvalue weighted by atomic mass is 10.2. The zero-order valence-electron chi connectivity index (χ0n) is 11.2. The Labute approximate surface area is 104 Å². The van der Waals surface area contributed by atoms with E-state index in [4.69, 9.17) is 0 Å². The van der Waals surface area contributed by atoms with Gasteiger partial charge in [0.25, 0.3) is 0 Å². The van der Waals surface area contributed by atoms with Gasteiger partial charge in [0.2, 0.25) is 0 Å². The molecule has 2 rings (SSSR count). The van der Waals surface area contributed by atoms with E-state index in [2.05, 4.69) is 48.1 Å². The Balaban J connectivity index is 2.11. The Bertz CT molecular complexity index is 368. The summed E-state index contributed by atoms with van der Waals surface area (Å²) in [6, 6.07) is 4.93. The molecule has 0 spiro atoms. The van der Waals surface area contributed by atoms with Crippen LogP contribution in [0.1, 0.15) is 37.9 Å². The van der Waals surface area contributed by atoms with Gasteiger partial charge in [-0.25, -0.2) is 4.98 Å². The zero-order valence-corrected chi connectivity index (χ0v) is 11.2. The zero-order chi connectivity index (χ0) is 12.3. The van der Waals surface area contributed by atoms with Gasteiger partial charge in [-0.3, -0.25) is 0 Å². The molecule has 3 nitrogen and oxygen atoms in total. The van der Waals surface area contributed by atoms with Gasteiger partial charge >= 0.3 is 0 Å². The van der Waals surface area contributed by atoms with Gasteiger partial charge in [-0.15, -0.1) is 0 Å². The summed E-state index contributed by atoms with van der Waals surface area (Å²) >= 11 is 0. The lowest BCUT2D eigenvalue weighted by Gasteiger charge is -2.18. The van der Waals surface area contributed by atoms with E-state index in [1.807, 2.05) is 0 Å². The van der Waals surface area contributed by atoms with Crippen molar-refractivity contribution >= 4 is 5.82 Å². The molecule has 1 saturated heterocycles. The van der Waals surface area contributed by atoms with E-state index < -0.39 is 0 Å². The SMILES string of the molecule is Cc1cc(CNC(C)C)cc(N2CCCC2)n1. The van der Waals surface area contributed by atoms with E-state index in [9.17, 15) is 0 Å². The fraction of sp³-hybridized carbons (Fsp3) is 0.643. The third kappa shape index (κ3) is 3.43. The van der Waals surface area contributed by atoms with Gasteiger partial charge in [-0.1, -0.05) is 13.8 Å². The van der Waals surface area contributed by atoms with Crippen molar-refractivity contribution in [3.63, 3.8) is 0 Å². The molecule has 0 aliphatic carbocycles. The van der Waals surface area contributed by atoms with Crippen molar-refractivity contribution in [1.82, 2.24) is 10.3 Å². The Morgan fingerprint density at radius 3 is 2.65 bits per heavy atom. The summed E-state index contributed by atoms with van der Waals surface area (Å²) in [6.07, 6.45) is 2.60. The molecule has 0 aromatic carbocycles. The van der Waals surface area contributed by atoms with E-state index in [0.29, 0.717) is 6.04 Å². The molecule has 0 bridgehead atoms. The predicted octanol–water partition coefficient (Wildman–Crippen LogP) is 2.49. The number of pyridine rings is 1. The summed E-state index contributed by atoms with van der Waals surface area (Å²) in [6.45, 7) is 9.69. The Kier molecular flexibility index (Phi) is 4.00. The van der Waals surface area contributed by atoms with Crippen LogP contribution in [0.2, 0.25) is 0 Å². The summed E-state index contributed by atoms with van der Waals surface area (Å²) < 4.78 is 0. The van der Waals surface area contributed by atoms with Crippen molar-refractivity contribution in [2.75, 3.05) is 18.0 Å². The molecule has 17 heavy (non-hydrogen) atoms. The third-order valence-electron chi connectivity index (χ3n) is 3.14. The number of hydrogen-bond acceptors (Lipinski definition) is 3. The lowest BCUT2D eigenvalue weighted by Crippen LogP contribution is -2.23. The van der Waals surface area contributed by atoms with Crippen molar-refractivity contribution < 1.29 is 0 Å². The first-order chi connectivity index (χ1) is 8.15. The summed E-state index contributed by atoms with van der Waals surface area (Å²) in [5, 5.41) is 3.46. The molecule has 0 radical (unpaired) electrons. The van der Waals surface area contributed by atoms with Gasteiger partial charge in [0.05, 0.1) is 0 Å². The average Bonchev–Trinajstić information content (AvgIpc) is 2.79. The molecule has 0 saturated carbocycles. The van der Waals surface area contributed by atoms with Crippen LogP contribution in [-0.2, 0) is 6.54 Å². The number of aryl methyl sites for hydroxylation is 1. The number of rotatable bonds is 4. The molecule has 1 aliphatic rings. The summed E-state index contributed by atoms with van der Waals surface area (Å²) in [4.78, 5) is 7.04. The molecule has 0 amide bonds. The minimum Gasteiger partial charge on any atom is -0.357 e. The summed E-state index contributed by atoms with van der Waals surface area (Å²) in [7, 11) is 0. The predicted molar refractivity (Wildman–Crippen MR) is 72.4 cm³/mol. The minimum absolute atomic E-state index is 0.527. The van der Waals surface area contributed by atoms with Gasteiger partial charge in [0.1, 0.15) is 5.82 Å². The molecule has 3 heteroatoms. The third-order valence-corrected chi connectivity index (χ3v) is 3.14. The van der Waals surface area contributed by atoms with Crippen molar-refractivity contribution in [3.8, 4) is 0 Å². The van der Waals surface area contributed by atoms with Gasteiger partial charge in [0, 0.05) is 31.4 Å². The molecular formula is C14H23N3. The Morgan fingerprint density at radius 1 is 1.29 bits per heavy atom. The highest BCUT2D eigenvalue weighted by Crippen LogP contribution is 2.19. The molecule has 94 valence electrons. The van der Waals surface area contributed by atoms with Crippen LogP contribution in [0.3, 0.4) is 0 Å². The minimum atomic E-state index is 0.527. The molecular weight excluding hydrogens is 210 g/mol. The van der Waals surface area contributed by atoms with E-state index >= 15 is 0 Å². The summed E-state index contributed by atoms with van der Waals surface area (Å²) in [5.41, 5.74) is 2.46. The fourth-order valence-corrected chi connectivity index (χ4v) is 2.25. The fourth-order valence-electron chi connectivity index (χ4n) is 2.25. The first kappa shape index (κ1) is 12.4. The lowest BCUT2D eigenvalue weighted by molar-refractivity contribution is 0.588. The first-order valence-corrected chi connectivity index (χ1v) is 6.61. The second-order valence-electron chi connectivity index (χ2n) is 5.20. The van der Waals surface area contributed by atoms with Crippen LogP contribution in [0.15, 0.2) is 12.1 Å². The van der Waals surface area contributed by atoms with Crippen LogP contribution in [-0.4, -0.2) is 24.1 Å². The average molecular weight is 233 g/mol. The van der Waals surface area contributed by atoms with Crippen LogP contribution < -0.4 is 10.2 Å². The van der Waals surface area contributed by atoms with E-state index in [1.165, 1.54) is 18.4 Å². The molecule has 0 unspecified atom stereocenters. The van der Waals surface area contributed by atoms with E-state index in [0.717, 1.165) is 31.1 Å². The topological polar surface area (TPSA) is 28.2 Å². The number of nitrogens with one attached hydrogen (secondary N) is 1. The highest BCUT2D eigenvalue weighted by atomic mass is 15.2. The molecule has 1 aromatic heterocycles. The maximum atomic E-state index is 4.64. The monoisotopic (exact) mass is 233 g/mol. The second kappa shape index (κ2) is 5.50. The van der Waals surface area contributed by atoms with Gasteiger partial charge in [-0.2, -0.15) is 0 Å². The Morgan fingerprint density at radius 2 is 2.00 bits per heavy atom. The number of hydrogen-bond donors (Lipinski definition) is 1. The van der Waals surface area contributed by atoms with Crippen LogP contribution in [0.4, 0.5) is 5.82 Å². The van der Waals surface area contributed by atoms with Crippen LogP contribution in [0.5, 0.6) is 0 Å². The smallest absolute Gasteiger partial charge is 0.129 e. The molecule has 2 heterocycles. The standard InChI is InChI=1S/C14H23N3/c1-11(2)15-10-13-8-12(3)16-14(9-13)17-6-4-5-7-17/h8-9,11,15H,4-7,10H2,1-3H3. The normalized spacial score (nSPS) is 15.9. The number of nitrogens with zero attached hydrogens (tertiary/aromatic N) is 2. The van der Waals surface area contributed by atoms with Crippen molar-refractivity contribution in [2.45, 2.75) is 46.2 Å². The second-order valence-corrected chi connectivity index (χ2v) is 5.20. The molecule has 1 fully saturated rings. The van der Waals surface area contributed by atoms with E-state index in [-0.39, 0.29) is 0 Å². The quantitative estimate of drug-likeness (QED) is 0.866. The van der Waals surface area contributed by atoms with Crippen molar-refractivity contribution in [1.29, 1.82) is 0 Å². The molecule has 1 aliphatic heterocycles. The van der Waals surface area contributed by atoms with Crippen molar-refractivity contribution in [3.05, 3.63) is 23.4 Å². The molecule has 0 atom stereocenters. The van der Waals surface area contributed by atoms with E-state index in [1.54, 1.807) is 0 Å².